The third kappa shape index (κ3) is 3.21. The van der Waals surface area contributed by atoms with E-state index < -0.39 is 0 Å². The summed E-state index contributed by atoms with van der Waals surface area (Å²) < 4.78 is 0. The molecule has 5 nitrogen and oxygen atoms in total. The van der Waals surface area contributed by atoms with Crippen molar-refractivity contribution >= 4 is 11.6 Å². The van der Waals surface area contributed by atoms with Gasteiger partial charge in [0.25, 0.3) is 5.91 Å². The Morgan fingerprint density at radius 2 is 2.32 bits per heavy atom. The number of rotatable bonds is 2. The van der Waals surface area contributed by atoms with Gasteiger partial charge in [-0.2, -0.15) is 5.10 Å². The predicted octanol–water partition coefficient (Wildman–Crippen LogP) is 1.28. The zero-order valence-corrected chi connectivity index (χ0v) is 10.5. The van der Waals surface area contributed by atoms with Gasteiger partial charge in [0.2, 0.25) is 0 Å². The zero-order valence-electron chi connectivity index (χ0n) is 10.5. The van der Waals surface area contributed by atoms with E-state index in [2.05, 4.69) is 27.4 Å². The van der Waals surface area contributed by atoms with Gasteiger partial charge in [-0.25, -0.2) is 0 Å². The van der Waals surface area contributed by atoms with Gasteiger partial charge in [-0.3, -0.25) is 9.89 Å². The van der Waals surface area contributed by atoms with Gasteiger partial charge >= 0.3 is 0 Å². The minimum atomic E-state index is -0.253. The molecule has 1 heterocycles. The van der Waals surface area contributed by atoms with E-state index in [1.807, 2.05) is 25.1 Å². The number of hydrogen-bond acceptors (Lipinski definition) is 3. The lowest BCUT2D eigenvalue weighted by molar-refractivity contribution is 0.102. The molecule has 0 spiro atoms. The predicted molar refractivity (Wildman–Crippen MR) is 73.7 cm³/mol. The van der Waals surface area contributed by atoms with Crippen molar-refractivity contribution in [2.75, 3.05) is 11.9 Å². The van der Waals surface area contributed by atoms with Crippen molar-refractivity contribution in [1.29, 1.82) is 0 Å². The molecule has 96 valence electrons. The van der Waals surface area contributed by atoms with E-state index >= 15 is 0 Å². The van der Waals surface area contributed by atoms with E-state index in [9.17, 15) is 4.79 Å². The quantitative estimate of drug-likeness (QED) is 0.706. The summed E-state index contributed by atoms with van der Waals surface area (Å²) in [5.41, 5.74) is 8.25. The number of anilines is 1. The maximum atomic E-state index is 11.9. The number of hydrogen-bond donors (Lipinski definition) is 3. The number of amides is 1. The van der Waals surface area contributed by atoms with E-state index in [1.54, 1.807) is 6.07 Å². The first kappa shape index (κ1) is 12.9. The average Bonchev–Trinajstić information content (AvgIpc) is 2.93. The van der Waals surface area contributed by atoms with E-state index in [0.717, 1.165) is 11.1 Å². The molecule has 0 bridgehead atoms. The summed E-state index contributed by atoms with van der Waals surface area (Å²) in [6, 6.07) is 7.25. The molecule has 0 aliphatic heterocycles. The summed E-state index contributed by atoms with van der Waals surface area (Å²) in [5, 5.41) is 9.15. The Bertz CT molecular complexity index is 635. The Labute approximate surface area is 111 Å². The first-order valence-electron chi connectivity index (χ1n) is 5.81. The summed E-state index contributed by atoms with van der Waals surface area (Å²) in [6.07, 6.45) is 1.53. The molecule has 2 aromatic rings. The van der Waals surface area contributed by atoms with Crippen LogP contribution in [0, 0.1) is 18.8 Å². The fourth-order valence-electron chi connectivity index (χ4n) is 1.59. The smallest absolute Gasteiger partial charge is 0.273 e. The Hall–Kier alpha value is -2.58. The molecule has 19 heavy (non-hydrogen) atoms. The van der Waals surface area contributed by atoms with E-state index in [4.69, 9.17) is 5.73 Å². The van der Waals surface area contributed by atoms with Gasteiger partial charge in [-0.15, -0.1) is 0 Å². The number of H-pyrrole nitrogens is 1. The van der Waals surface area contributed by atoms with Crippen LogP contribution in [0.2, 0.25) is 0 Å². The van der Waals surface area contributed by atoms with Crippen LogP contribution in [0.3, 0.4) is 0 Å². The van der Waals surface area contributed by atoms with Crippen LogP contribution in [0.15, 0.2) is 30.5 Å². The van der Waals surface area contributed by atoms with Crippen molar-refractivity contribution in [3.05, 3.63) is 47.3 Å². The summed E-state index contributed by atoms with van der Waals surface area (Å²) in [7, 11) is 0. The number of nitrogens with zero attached hydrogens (tertiary/aromatic N) is 1. The van der Waals surface area contributed by atoms with Crippen molar-refractivity contribution < 1.29 is 4.79 Å². The second-order valence-corrected chi connectivity index (χ2v) is 3.98. The van der Waals surface area contributed by atoms with Crippen LogP contribution in [-0.4, -0.2) is 22.6 Å². The van der Waals surface area contributed by atoms with E-state index in [0.29, 0.717) is 11.4 Å². The molecule has 1 aromatic heterocycles. The average molecular weight is 254 g/mol. The molecule has 1 aromatic carbocycles. The van der Waals surface area contributed by atoms with E-state index in [1.165, 1.54) is 6.20 Å². The first-order chi connectivity index (χ1) is 9.20. The molecule has 0 unspecified atom stereocenters. The molecule has 2 rings (SSSR count). The molecule has 0 aliphatic rings. The van der Waals surface area contributed by atoms with Gasteiger partial charge in [0.05, 0.1) is 12.2 Å². The van der Waals surface area contributed by atoms with Crippen LogP contribution >= 0.6 is 0 Å². The second-order valence-electron chi connectivity index (χ2n) is 3.98. The Kier molecular flexibility index (Phi) is 3.96. The standard InChI is InChI=1S/C14H14N4O/c1-10-4-5-12(11(9-10)3-2-7-15)17-14(19)13-6-8-16-18-13/h4-6,8-9H,7,15H2,1H3,(H,16,18)(H,17,19). The highest BCUT2D eigenvalue weighted by Crippen LogP contribution is 2.17. The Morgan fingerprint density at radius 3 is 3.00 bits per heavy atom. The van der Waals surface area contributed by atoms with Gasteiger partial charge in [0.15, 0.2) is 0 Å². The van der Waals surface area contributed by atoms with Crippen molar-refractivity contribution in [3.8, 4) is 11.8 Å². The van der Waals surface area contributed by atoms with Crippen LogP contribution in [0.4, 0.5) is 5.69 Å². The van der Waals surface area contributed by atoms with Gasteiger partial charge < -0.3 is 11.1 Å². The van der Waals surface area contributed by atoms with Gasteiger partial charge in [-0.05, 0) is 30.7 Å². The number of aryl methyl sites for hydroxylation is 1. The highest BCUT2D eigenvalue weighted by molar-refractivity contribution is 6.03. The van der Waals surface area contributed by atoms with Crippen molar-refractivity contribution in [3.63, 3.8) is 0 Å². The number of nitrogens with one attached hydrogen (secondary N) is 2. The van der Waals surface area contributed by atoms with Gasteiger partial charge in [0.1, 0.15) is 5.69 Å². The van der Waals surface area contributed by atoms with Crippen molar-refractivity contribution in [2.24, 2.45) is 5.73 Å². The van der Waals surface area contributed by atoms with Gasteiger partial charge in [0, 0.05) is 11.8 Å². The second kappa shape index (κ2) is 5.85. The highest BCUT2D eigenvalue weighted by Gasteiger charge is 2.09. The molecule has 0 aliphatic carbocycles. The SMILES string of the molecule is Cc1ccc(NC(=O)c2ccn[nH]2)c(C#CCN)c1. The number of aromatic nitrogens is 2. The maximum absolute atomic E-state index is 11.9. The molecule has 0 saturated carbocycles. The summed E-state index contributed by atoms with van der Waals surface area (Å²) in [5.74, 6) is 5.48. The lowest BCUT2D eigenvalue weighted by Gasteiger charge is -2.07. The number of carbonyl (C=O) groups excluding carboxylic acids is 1. The Morgan fingerprint density at radius 1 is 1.47 bits per heavy atom. The summed E-state index contributed by atoms with van der Waals surface area (Å²) in [6.45, 7) is 2.25. The fraction of sp³-hybridized carbons (Fsp3) is 0.143. The summed E-state index contributed by atoms with van der Waals surface area (Å²) >= 11 is 0. The largest absolute Gasteiger partial charge is 0.320 e. The molecule has 0 radical (unpaired) electrons. The topological polar surface area (TPSA) is 83.8 Å². The van der Waals surface area contributed by atoms with Crippen LogP contribution in [0.1, 0.15) is 21.6 Å². The molecule has 0 saturated heterocycles. The third-order valence-electron chi connectivity index (χ3n) is 2.49. The highest BCUT2D eigenvalue weighted by atomic mass is 16.1. The first-order valence-corrected chi connectivity index (χ1v) is 5.81. The lowest BCUT2D eigenvalue weighted by Crippen LogP contribution is -2.13. The zero-order chi connectivity index (χ0) is 13.7. The maximum Gasteiger partial charge on any atom is 0.273 e. The normalized spacial score (nSPS) is 9.58. The van der Waals surface area contributed by atoms with Crippen LogP contribution in [0.5, 0.6) is 0 Å². The number of aromatic amines is 1. The monoisotopic (exact) mass is 254 g/mol. The molecule has 0 fully saturated rings. The third-order valence-corrected chi connectivity index (χ3v) is 2.49. The minimum absolute atomic E-state index is 0.253. The molecule has 1 amide bonds. The van der Waals surface area contributed by atoms with Gasteiger partial charge in [-0.1, -0.05) is 17.9 Å². The molecule has 4 N–H and O–H groups in total. The molecular weight excluding hydrogens is 240 g/mol. The van der Waals surface area contributed by atoms with Crippen LogP contribution < -0.4 is 11.1 Å². The molecular formula is C14H14N4O. The molecule has 0 atom stereocenters. The number of nitrogens with two attached hydrogens (primary N) is 1. The molecule has 5 heteroatoms. The van der Waals surface area contributed by atoms with E-state index in [-0.39, 0.29) is 12.5 Å². The lowest BCUT2D eigenvalue weighted by atomic mass is 10.1. The van der Waals surface area contributed by atoms with Crippen molar-refractivity contribution in [1.82, 2.24) is 10.2 Å². The Balaban J connectivity index is 2.27. The fourth-order valence-corrected chi connectivity index (χ4v) is 1.59. The number of benzene rings is 1. The minimum Gasteiger partial charge on any atom is -0.320 e. The van der Waals surface area contributed by atoms with Crippen molar-refractivity contribution in [2.45, 2.75) is 6.92 Å². The summed E-state index contributed by atoms with van der Waals surface area (Å²) in [4.78, 5) is 11.9. The van der Waals surface area contributed by atoms with Crippen LogP contribution in [0.25, 0.3) is 0 Å². The number of carbonyl (C=O) groups is 1. The van der Waals surface area contributed by atoms with Crippen LogP contribution in [-0.2, 0) is 0 Å².